The average molecular weight is 351 g/mol. The number of benzene rings is 2. The maximum absolute atomic E-state index is 13.0. The lowest BCUT2D eigenvalue weighted by molar-refractivity contribution is -0.139. The lowest BCUT2D eigenvalue weighted by Gasteiger charge is -2.38. The number of piperidine rings is 1. The maximum atomic E-state index is 13.0. The first-order valence-corrected chi connectivity index (χ1v) is 9.87. The third-order valence-electron chi connectivity index (χ3n) is 5.94. The number of carbonyl (C=O) groups excluding carboxylic acids is 1. The van der Waals surface area contributed by atoms with Crippen molar-refractivity contribution in [3.05, 3.63) is 48.0 Å². The van der Waals surface area contributed by atoms with Crippen LogP contribution in [-0.2, 0) is 11.3 Å². The first-order chi connectivity index (χ1) is 12.7. The fourth-order valence-electron chi connectivity index (χ4n) is 4.36. The van der Waals surface area contributed by atoms with Gasteiger partial charge < -0.3 is 9.80 Å². The second kappa shape index (κ2) is 7.77. The zero-order valence-electron chi connectivity index (χ0n) is 15.7. The molecule has 0 N–H and O–H groups in total. The first-order valence-electron chi connectivity index (χ1n) is 9.87. The molecule has 1 unspecified atom stereocenters. The predicted molar refractivity (Wildman–Crippen MR) is 106 cm³/mol. The molecule has 4 nitrogen and oxygen atoms in total. The number of hydrogen-bond acceptors (Lipinski definition) is 3. The molecule has 2 aliphatic heterocycles. The third-order valence-corrected chi connectivity index (χ3v) is 5.94. The highest BCUT2D eigenvalue weighted by Gasteiger charge is 2.30. The molecule has 2 heterocycles. The Balaban J connectivity index is 1.43. The van der Waals surface area contributed by atoms with Gasteiger partial charge in [-0.25, -0.2) is 0 Å². The highest BCUT2D eigenvalue weighted by molar-refractivity contribution is 5.85. The standard InChI is InChI=1S/C22H29N3O/c1-23-12-14-25(15-13-23)22(26)20-9-5-11-24(17-20)16-19-8-4-7-18-6-2-3-10-21(18)19/h2-4,6-8,10,20H,5,9,11-17H2,1H3. The SMILES string of the molecule is CN1CCN(C(=O)C2CCCN(Cc3cccc4ccccc34)C2)CC1. The number of piperazine rings is 1. The number of likely N-dealkylation sites (N-methyl/N-ethyl adjacent to an activating group) is 1. The average Bonchev–Trinajstić information content (AvgIpc) is 2.69. The van der Waals surface area contributed by atoms with Gasteiger partial charge in [0.15, 0.2) is 0 Å². The molecule has 2 fully saturated rings. The van der Waals surface area contributed by atoms with E-state index in [4.69, 9.17) is 0 Å². The van der Waals surface area contributed by atoms with E-state index in [1.54, 1.807) is 0 Å². The van der Waals surface area contributed by atoms with Crippen molar-refractivity contribution in [2.45, 2.75) is 19.4 Å². The molecule has 4 rings (SSSR count). The molecule has 0 aromatic heterocycles. The quantitative estimate of drug-likeness (QED) is 0.851. The molecule has 2 aromatic rings. The molecule has 1 amide bonds. The monoisotopic (exact) mass is 351 g/mol. The Kier molecular flexibility index (Phi) is 5.23. The highest BCUT2D eigenvalue weighted by atomic mass is 16.2. The molecule has 26 heavy (non-hydrogen) atoms. The molecular formula is C22H29N3O. The lowest BCUT2D eigenvalue weighted by Crippen LogP contribution is -2.51. The summed E-state index contributed by atoms with van der Waals surface area (Å²) in [4.78, 5) is 19.8. The van der Waals surface area contributed by atoms with Crippen LogP contribution >= 0.6 is 0 Å². The molecule has 0 radical (unpaired) electrons. The zero-order chi connectivity index (χ0) is 17.9. The lowest BCUT2D eigenvalue weighted by atomic mass is 9.95. The second-order valence-corrected chi connectivity index (χ2v) is 7.84. The Bertz CT molecular complexity index is 762. The van der Waals surface area contributed by atoms with Gasteiger partial charge in [-0.05, 0) is 42.8 Å². The summed E-state index contributed by atoms with van der Waals surface area (Å²) in [5.74, 6) is 0.544. The van der Waals surface area contributed by atoms with Crippen LogP contribution in [0.15, 0.2) is 42.5 Å². The molecule has 2 aliphatic rings. The first kappa shape index (κ1) is 17.5. The van der Waals surface area contributed by atoms with Gasteiger partial charge >= 0.3 is 0 Å². The van der Waals surface area contributed by atoms with Crippen LogP contribution in [0.4, 0.5) is 0 Å². The molecule has 0 saturated carbocycles. The Morgan fingerprint density at radius 1 is 1.00 bits per heavy atom. The van der Waals surface area contributed by atoms with Crippen LogP contribution in [0.25, 0.3) is 10.8 Å². The van der Waals surface area contributed by atoms with Gasteiger partial charge in [0.05, 0.1) is 5.92 Å². The molecule has 2 saturated heterocycles. The maximum Gasteiger partial charge on any atom is 0.227 e. The number of carbonyl (C=O) groups is 1. The summed E-state index contributed by atoms with van der Waals surface area (Å²) in [5.41, 5.74) is 1.37. The summed E-state index contributed by atoms with van der Waals surface area (Å²) >= 11 is 0. The zero-order valence-corrected chi connectivity index (χ0v) is 15.7. The van der Waals surface area contributed by atoms with E-state index in [-0.39, 0.29) is 5.92 Å². The van der Waals surface area contributed by atoms with Crippen molar-refractivity contribution in [2.75, 3.05) is 46.3 Å². The molecule has 2 aromatic carbocycles. The van der Waals surface area contributed by atoms with Gasteiger partial charge in [0.2, 0.25) is 5.91 Å². The van der Waals surface area contributed by atoms with E-state index in [0.717, 1.165) is 58.7 Å². The summed E-state index contributed by atoms with van der Waals surface area (Å²) in [7, 11) is 2.13. The molecular weight excluding hydrogens is 322 g/mol. The van der Waals surface area contributed by atoms with Crippen LogP contribution in [0.2, 0.25) is 0 Å². The van der Waals surface area contributed by atoms with E-state index in [2.05, 4.69) is 64.2 Å². The minimum absolute atomic E-state index is 0.169. The van der Waals surface area contributed by atoms with Gasteiger partial charge in [0, 0.05) is 39.3 Å². The van der Waals surface area contributed by atoms with Gasteiger partial charge in [-0.15, -0.1) is 0 Å². The Morgan fingerprint density at radius 2 is 1.77 bits per heavy atom. The fourth-order valence-corrected chi connectivity index (χ4v) is 4.36. The van der Waals surface area contributed by atoms with E-state index >= 15 is 0 Å². The van der Waals surface area contributed by atoms with E-state index in [0.29, 0.717) is 5.91 Å². The van der Waals surface area contributed by atoms with Crippen LogP contribution < -0.4 is 0 Å². The predicted octanol–water partition coefficient (Wildman–Crippen LogP) is 2.83. The fraction of sp³-hybridized carbons (Fsp3) is 0.500. The topological polar surface area (TPSA) is 26.8 Å². The van der Waals surface area contributed by atoms with Gasteiger partial charge in [0.1, 0.15) is 0 Å². The number of nitrogens with zero attached hydrogens (tertiary/aromatic N) is 3. The van der Waals surface area contributed by atoms with Crippen molar-refractivity contribution in [1.29, 1.82) is 0 Å². The number of amides is 1. The summed E-state index contributed by atoms with van der Waals surface area (Å²) < 4.78 is 0. The van der Waals surface area contributed by atoms with E-state index in [1.165, 1.54) is 16.3 Å². The Labute approximate surface area is 156 Å². The van der Waals surface area contributed by atoms with E-state index in [1.807, 2.05) is 0 Å². The van der Waals surface area contributed by atoms with Crippen molar-refractivity contribution < 1.29 is 4.79 Å². The van der Waals surface area contributed by atoms with Gasteiger partial charge in [-0.2, -0.15) is 0 Å². The molecule has 4 heteroatoms. The van der Waals surface area contributed by atoms with Crippen LogP contribution in [0.5, 0.6) is 0 Å². The van der Waals surface area contributed by atoms with Crippen molar-refractivity contribution in [3.8, 4) is 0 Å². The van der Waals surface area contributed by atoms with Gasteiger partial charge in [-0.3, -0.25) is 9.69 Å². The summed E-state index contributed by atoms with van der Waals surface area (Å²) in [6.07, 6.45) is 2.16. The molecule has 0 bridgehead atoms. The van der Waals surface area contributed by atoms with Crippen molar-refractivity contribution in [3.63, 3.8) is 0 Å². The van der Waals surface area contributed by atoms with Crippen LogP contribution in [0.3, 0.4) is 0 Å². The normalized spacial score (nSPS) is 22.7. The number of fused-ring (bicyclic) bond motifs is 1. The third kappa shape index (κ3) is 3.76. The van der Waals surface area contributed by atoms with Gasteiger partial charge in [0.25, 0.3) is 0 Å². The van der Waals surface area contributed by atoms with Crippen molar-refractivity contribution in [1.82, 2.24) is 14.7 Å². The van der Waals surface area contributed by atoms with Crippen LogP contribution in [-0.4, -0.2) is 66.9 Å². The molecule has 1 atom stereocenters. The van der Waals surface area contributed by atoms with Gasteiger partial charge in [-0.1, -0.05) is 42.5 Å². The number of hydrogen-bond donors (Lipinski definition) is 0. The Hall–Kier alpha value is -1.91. The highest BCUT2D eigenvalue weighted by Crippen LogP contribution is 2.24. The smallest absolute Gasteiger partial charge is 0.227 e. The Morgan fingerprint density at radius 3 is 2.62 bits per heavy atom. The minimum atomic E-state index is 0.169. The van der Waals surface area contributed by atoms with Crippen LogP contribution in [0, 0.1) is 5.92 Å². The second-order valence-electron chi connectivity index (χ2n) is 7.84. The summed E-state index contributed by atoms with van der Waals surface area (Å²) in [5, 5.41) is 2.63. The largest absolute Gasteiger partial charge is 0.340 e. The van der Waals surface area contributed by atoms with Crippen molar-refractivity contribution >= 4 is 16.7 Å². The number of likely N-dealkylation sites (tertiary alicyclic amines) is 1. The summed E-state index contributed by atoms with van der Waals surface area (Å²) in [6.45, 7) is 6.69. The van der Waals surface area contributed by atoms with E-state index in [9.17, 15) is 4.79 Å². The minimum Gasteiger partial charge on any atom is -0.340 e. The molecule has 0 spiro atoms. The van der Waals surface area contributed by atoms with Crippen molar-refractivity contribution in [2.24, 2.45) is 5.92 Å². The van der Waals surface area contributed by atoms with Crippen LogP contribution in [0.1, 0.15) is 18.4 Å². The molecule has 138 valence electrons. The number of rotatable bonds is 3. The summed E-state index contributed by atoms with van der Waals surface area (Å²) in [6, 6.07) is 15.1. The van der Waals surface area contributed by atoms with E-state index < -0.39 is 0 Å². The molecule has 0 aliphatic carbocycles.